The highest BCUT2D eigenvalue weighted by molar-refractivity contribution is 5.85. The molecule has 1 amide bonds. The molecule has 4 N–H and O–H groups in total. The number of benzene rings is 1. The van der Waals surface area contributed by atoms with Gasteiger partial charge >= 0.3 is 0 Å². The second-order valence-corrected chi connectivity index (χ2v) is 6.90. The molecule has 4 nitrogen and oxygen atoms in total. The number of hydrogen-bond acceptors (Lipinski definition) is 3. The molecule has 0 spiro atoms. The number of amides is 1. The van der Waals surface area contributed by atoms with Gasteiger partial charge in [-0.2, -0.15) is 0 Å². The molecule has 5 heteroatoms. The van der Waals surface area contributed by atoms with Crippen LogP contribution in [0.5, 0.6) is 0 Å². The van der Waals surface area contributed by atoms with E-state index in [1.807, 2.05) is 38.1 Å². The van der Waals surface area contributed by atoms with Gasteiger partial charge in [0.05, 0.1) is 12.1 Å². The molecule has 1 unspecified atom stereocenters. The Balaban J connectivity index is 0.00000441. The highest BCUT2D eigenvalue weighted by atomic mass is 35.5. The Labute approximate surface area is 139 Å². The summed E-state index contributed by atoms with van der Waals surface area (Å²) >= 11 is 0. The van der Waals surface area contributed by atoms with Gasteiger partial charge in [0.25, 0.3) is 0 Å². The van der Waals surface area contributed by atoms with Gasteiger partial charge in [0.2, 0.25) is 5.91 Å². The van der Waals surface area contributed by atoms with Crippen molar-refractivity contribution in [3.05, 3.63) is 35.4 Å². The SMILES string of the molecule is CC(C)[C@H](N)C(=O)NCC(O)c1ccc(C(C)(C)C)cc1.Cl. The first-order valence-electron chi connectivity index (χ1n) is 7.44. The third-order valence-corrected chi connectivity index (χ3v) is 3.65. The summed E-state index contributed by atoms with van der Waals surface area (Å²) < 4.78 is 0. The second-order valence-electron chi connectivity index (χ2n) is 6.90. The first-order valence-corrected chi connectivity index (χ1v) is 7.44. The van der Waals surface area contributed by atoms with Gasteiger partial charge in [0.1, 0.15) is 0 Å². The lowest BCUT2D eigenvalue weighted by molar-refractivity contribution is -0.123. The van der Waals surface area contributed by atoms with E-state index in [0.717, 1.165) is 5.56 Å². The van der Waals surface area contributed by atoms with Crippen LogP contribution in [0.2, 0.25) is 0 Å². The number of nitrogens with two attached hydrogens (primary N) is 1. The summed E-state index contributed by atoms with van der Waals surface area (Å²) in [4.78, 5) is 11.8. The lowest BCUT2D eigenvalue weighted by Crippen LogP contribution is -2.45. The van der Waals surface area contributed by atoms with Crippen molar-refractivity contribution in [3.63, 3.8) is 0 Å². The quantitative estimate of drug-likeness (QED) is 0.777. The zero-order valence-corrected chi connectivity index (χ0v) is 14.9. The summed E-state index contributed by atoms with van der Waals surface area (Å²) in [6, 6.07) is 7.29. The molecule has 2 atom stereocenters. The smallest absolute Gasteiger partial charge is 0.237 e. The van der Waals surface area contributed by atoms with Crippen LogP contribution < -0.4 is 11.1 Å². The molecule has 0 heterocycles. The van der Waals surface area contributed by atoms with E-state index in [1.165, 1.54) is 5.56 Å². The average molecular weight is 329 g/mol. The minimum atomic E-state index is -0.720. The van der Waals surface area contributed by atoms with E-state index in [0.29, 0.717) is 0 Å². The fourth-order valence-corrected chi connectivity index (χ4v) is 1.94. The number of carbonyl (C=O) groups excluding carboxylic acids is 1. The molecule has 1 aromatic rings. The number of hydrogen-bond donors (Lipinski definition) is 3. The maximum absolute atomic E-state index is 11.8. The van der Waals surface area contributed by atoms with Crippen molar-refractivity contribution in [2.45, 2.75) is 52.2 Å². The van der Waals surface area contributed by atoms with Crippen LogP contribution in [0, 0.1) is 5.92 Å². The molecule has 0 saturated carbocycles. The molecule has 0 aliphatic carbocycles. The third kappa shape index (κ3) is 5.95. The van der Waals surface area contributed by atoms with Crippen LogP contribution in [0.4, 0.5) is 0 Å². The van der Waals surface area contributed by atoms with Crippen LogP contribution in [0.1, 0.15) is 51.8 Å². The normalized spacial score (nSPS) is 14.2. The Morgan fingerprint density at radius 3 is 2.14 bits per heavy atom. The van der Waals surface area contributed by atoms with Gasteiger partial charge in [-0.1, -0.05) is 58.9 Å². The molecule has 1 aromatic carbocycles. The van der Waals surface area contributed by atoms with Gasteiger partial charge in [-0.3, -0.25) is 4.79 Å². The first-order chi connectivity index (χ1) is 9.62. The van der Waals surface area contributed by atoms with Crippen molar-refractivity contribution in [2.24, 2.45) is 11.7 Å². The number of halogens is 1. The van der Waals surface area contributed by atoms with Crippen molar-refractivity contribution < 1.29 is 9.90 Å². The number of carbonyl (C=O) groups is 1. The summed E-state index contributed by atoms with van der Waals surface area (Å²) in [5, 5.41) is 12.8. The Morgan fingerprint density at radius 1 is 1.23 bits per heavy atom. The van der Waals surface area contributed by atoms with E-state index in [1.54, 1.807) is 0 Å². The number of aliphatic hydroxyl groups is 1. The zero-order chi connectivity index (χ0) is 16.2. The van der Waals surface area contributed by atoms with E-state index in [4.69, 9.17) is 5.73 Å². The van der Waals surface area contributed by atoms with E-state index in [-0.39, 0.29) is 36.2 Å². The van der Waals surface area contributed by atoms with E-state index in [9.17, 15) is 9.90 Å². The van der Waals surface area contributed by atoms with Gasteiger partial charge in [-0.15, -0.1) is 12.4 Å². The second kappa shape index (κ2) is 8.51. The fraction of sp³-hybridized carbons (Fsp3) is 0.588. The highest BCUT2D eigenvalue weighted by Crippen LogP contribution is 2.23. The summed E-state index contributed by atoms with van der Waals surface area (Å²) in [5.41, 5.74) is 7.85. The number of nitrogens with one attached hydrogen (secondary N) is 1. The molecule has 0 aliphatic rings. The molecule has 0 radical (unpaired) electrons. The molecular formula is C17H29ClN2O2. The molecule has 0 aromatic heterocycles. The molecule has 0 aliphatic heterocycles. The largest absolute Gasteiger partial charge is 0.387 e. The Hall–Kier alpha value is -1.10. The van der Waals surface area contributed by atoms with Crippen LogP contribution >= 0.6 is 12.4 Å². The standard InChI is InChI=1S/C17H28N2O2.ClH/c1-11(2)15(18)16(21)19-10-14(20)12-6-8-13(9-7-12)17(3,4)5;/h6-9,11,14-15,20H,10,18H2,1-5H3,(H,19,21);1H/t14?,15-;/m0./s1. The number of rotatable bonds is 5. The number of aliphatic hydroxyl groups excluding tert-OH is 1. The van der Waals surface area contributed by atoms with Crippen LogP contribution in [0.25, 0.3) is 0 Å². The molecule has 1 rings (SSSR count). The molecule has 0 bridgehead atoms. The lowest BCUT2D eigenvalue weighted by Gasteiger charge is -2.21. The minimum absolute atomic E-state index is 0. The summed E-state index contributed by atoms with van der Waals surface area (Å²) in [6.45, 7) is 10.4. The minimum Gasteiger partial charge on any atom is -0.387 e. The van der Waals surface area contributed by atoms with E-state index >= 15 is 0 Å². The van der Waals surface area contributed by atoms with Crippen molar-refractivity contribution in [1.82, 2.24) is 5.32 Å². The van der Waals surface area contributed by atoms with Crippen LogP contribution in [0.15, 0.2) is 24.3 Å². The van der Waals surface area contributed by atoms with E-state index in [2.05, 4.69) is 26.1 Å². The Morgan fingerprint density at radius 2 is 1.73 bits per heavy atom. The van der Waals surface area contributed by atoms with E-state index < -0.39 is 12.1 Å². The monoisotopic (exact) mass is 328 g/mol. The maximum atomic E-state index is 11.8. The Bertz CT molecular complexity index is 467. The third-order valence-electron chi connectivity index (χ3n) is 3.65. The first kappa shape index (κ1) is 20.9. The summed E-state index contributed by atoms with van der Waals surface area (Å²) in [7, 11) is 0. The van der Waals surface area contributed by atoms with Crippen molar-refractivity contribution in [2.75, 3.05) is 6.54 Å². The fourth-order valence-electron chi connectivity index (χ4n) is 1.94. The van der Waals surface area contributed by atoms with Crippen molar-refractivity contribution in [3.8, 4) is 0 Å². The predicted molar refractivity (Wildman–Crippen MR) is 93.2 cm³/mol. The van der Waals surface area contributed by atoms with Gasteiger partial charge in [-0.25, -0.2) is 0 Å². The zero-order valence-electron chi connectivity index (χ0n) is 14.1. The maximum Gasteiger partial charge on any atom is 0.237 e. The van der Waals surface area contributed by atoms with Crippen LogP contribution in [0.3, 0.4) is 0 Å². The predicted octanol–water partition coefficient (Wildman–Crippen LogP) is 2.54. The van der Waals surface area contributed by atoms with Crippen molar-refractivity contribution in [1.29, 1.82) is 0 Å². The highest BCUT2D eigenvalue weighted by Gasteiger charge is 2.19. The van der Waals surface area contributed by atoms with Crippen LogP contribution in [-0.2, 0) is 10.2 Å². The average Bonchev–Trinajstić information content (AvgIpc) is 2.42. The van der Waals surface area contributed by atoms with Gasteiger partial charge in [-0.05, 0) is 22.5 Å². The molecule has 0 fully saturated rings. The molecule has 0 saturated heterocycles. The van der Waals surface area contributed by atoms with Gasteiger partial charge in [0, 0.05) is 6.54 Å². The topological polar surface area (TPSA) is 75.4 Å². The lowest BCUT2D eigenvalue weighted by atomic mass is 9.86. The summed E-state index contributed by atoms with van der Waals surface area (Å²) in [5.74, 6) is -0.149. The van der Waals surface area contributed by atoms with Crippen molar-refractivity contribution >= 4 is 18.3 Å². The van der Waals surface area contributed by atoms with Gasteiger partial charge < -0.3 is 16.2 Å². The summed E-state index contributed by atoms with van der Waals surface area (Å²) in [6.07, 6.45) is -0.720. The van der Waals surface area contributed by atoms with Crippen LogP contribution in [-0.4, -0.2) is 23.6 Å². The molecule has 22 heavy (non-hydrogen) atoms. The Kier molecular flexibility index (Phi) is 8.09. The molecular weight excluding hydrogens is 300 g/mol. The molecule has 126 valence electrons. The van der Waals surface area contributed by atoms with Gasteiger partial charge in [0.15, 0.2) is 0 Å².